The Kier molecular flexibility index (Phi) is 5.36. The van der Waals surface area contributed by atoms with Crippen molar-refractivity contribution in [2.24, 2.45) is 5.92 Å². The first-order valence-corrected chi connectivity index (χ1v) is 8.99. The number of rotatable bonds is 4. The van der Waals surface area contributed by atoms with Gasteiger partial charge in [0, 0.05) is 12.1 Å². The van der Waals surface area contributed by atoms with Crippen LogP contribution in [0.25, 0.3) is 0 Å². The van der Waals surface area contributed by atoms with Crippen LogP contribution in [0.15, 0.2) is 0 Å². The van der Waals surface area contributed by atoms with E-state index in [0.29, 0.717) is 0 Å². The lowest BCUT2D eigenvalue weighted by atomic mass is 9.88. The zero-order chi connectivity index (χ0) is 13.8. The van der Waals surface area contributed by atoms with E-state index in [1.165, 1.54) is 84.1 Å². The van der Waals surface area contributed by atoms with Gasteiger partial charge in [0.25, 0.3) is 0 Å². The van der Waals surface area contributed by atoms with Crippen LogP contribution in [0.1, 0.15) is 51.4 Å². The Balaban J connectivity index is 1.48. The molecule has 0 saturated carbocycles. The first-order valence-electron chi connectivity index (χ1n) is 8.99. The molecule has 0 aromatic heterocycles. The Labute approximate surface area is 125 Å². The van der Waals surface area contributed by atoms with Crippen LogP contribution < -0.4 is 5.32 Å². The van der Waals surface area contributed by atoms with Crippen molar-refractivity contribution in [3.05, 3.63) is 0 Å². The van der Waals surface area contributed by atoms with Gasteiger partial charge in [-0.15, -0.1) is 0 Å². The Morgan fingerprint density at radius 3 is 2.60 bits per heavy atom. The molecule has 2 unspecified atom stereocenters. The van der Waals surface area contributed by atoms with Crippen molar-refractivity contribution in [2.45, 2.75) is 63.5 Å². The molecule has 0 aromatic carbocycles. The van der Waals surface area contributed by atoms with Gasteiger partial charge in [-0.2, -0.15) is 0 Å². The third-order valence-corrected chi connectivity index (χ3v) is 6.01. The van der Waals surface area contributed by atoms with Crippen LogP contribution in [0, 0.1) is 5.92 Å². The molecule has 3 aliphatic rings. The standard InChI is InChI=1S/C17H33N3/c1-19-12-3-2-5-16(19)9-14-20-13-4-6-17(20)15-7-10-18-11-8-15/h15-18H,2-14H2,1H3. The molecule has 0 aromatic rings. The highest BCUT2D eigenvalue weighted by molar-refractivity contribution is 4.88. The zero-order valence-corrected chi connectivity index (χ0v) is 13.3. The van der Waals surface area contributed by atoms with Crippen LogP contribution in [-0.2, 0) is 0 Å². The molecule has 116 valence electrons. The second kappa shape index (κ2) is 7.24. The molecule has 0 spiro atoms. The van der Waals surface area contributed by atoms with E-state index in [-0.39, 0.29) is 0 Å². The summed E-state index contributed by atoms with van der Waals surface area (Å²) in [6.45, 7) is 6.54. The lowest BCUT2D eigenvalue weighted by Gasteiger charge is -2.37. The first-order chi connectivity index (χ1) is 9.84. The van der Waals surface area contributed by atoms with Gasteiger partial charge in [-0.25, -0.2) is 0 Å². The van der Waals surface area contributed by atoms with E-state index in [1.54, 1.807) is 0 Å². The Morgan fingerprint density at radius 1 is 0.950 bits per heavy atom. The summed E-state index contributed by atoms with van der Waals surface area (Å²) in [5, 5.41) is 3.52. The van der Waals surface area contributed by atoms with Crippen LogP contribution >= 0.6 is 0 Å². The van der Waals surface area contributed by atoms with E-state index in [1.807, 2.05) is 0 Å². The summed E-state index contributed by atoms with van der Waals surface area (Å²) in [4.78, 5) is 5.46. The maximum Gasteiger partial charge on any atom is 0.0125 e. The third kappa shape index (κ3) is 3.55. The van der Waals surface area contributed by atoms with Gasteiger partial charge >= 0.3 is 0 Å². The average Bonchev–Trinajstić information content (AvgIpc) is 2.96. The predicted molar refractivity (Wildman–Crippen MR) is 85.1 cm³/mol. The minimum Gasteiger partial charge on any atom is -0.317 e. The average molecular weight is 279 g/mol. The normalized spacial score (nSPS) is 34.6. The van der Waals surface area contributed by atoms with Gasteiger partial charge in [-0.05, 0) is 90.6 Å². The van der Waals surface area contributed by atoms with Crippen molar-refractivity contribution in [3.8, 4) is 0 Å². The largest absolute Gasteiger partial charge is 0.317 e. The van der Waals surface area contributed by atoms with Gasteiger partial charge in [0.15, 0.2) is 0 Å². The van der Waals surface area contributed by atoms with Gasteiger partial charge in [0.05, 0.1) is 0 Å². The molecule has 3 heteroatoms. The molecule has 1 N–H and O–H groups in total. The van der Waals surface area contributed by atoms with Gasteiger partial charge < -0.3 is 15.1 Å². The SMILES string of the molecule is CN1CCCCC1CCN1CCCC1C1CCNCC1. The molecule has 3 aliphatic heterocycles. The first kappa shape index (κ1) is 14.8. The Morgan fingerprint density at radius 2 is 1.80 bits per heavy atom. The molecule has 0 bridgehead atoms. The van der Waals surface area contributed by atoms with E-state index < -0.39 is 0 Å². The van der Waals surface area contributed by atoms with Crippen LogP contribution in [0.3, 0.4) is 0 Å². The third-order valence-electron chi connectivity index (χ3n) is 6.01. The fourth-order valence-electron chi connectivity index (χ4n) is 4.72. The molecular weight excluding hydrogens is 246 g/mol. The molecule has 0 amide bonds. The van der Waals surface area contributed by atoms with Crippen LogP contribution in [0.4, 0.5) is 0 Å². The fourth-order valence-corrected chi connectivity index (χ4v) is 4.72. The topological polar surface area (TPSA) is 18.5 Å². The van der Waals surface area contributed by atoms with E-state index in [0.717, 1.165) is 18.0 Å². The zero-order valence-electron chi connectivity index (χ0n) is 13.3. The summed E-state index contributed by atoms with van der Waals surface area (Å²) in [6.07, 6.45) is 11.4. The number of hydrogen-bond donors (Lipinski definition) is 1. The molecule has 3 rings (SSSR count). The summed E-state index contributed by atoms with van der Waals surface area (Å²) in [7, 11) is 2.33. The lowest BCUT2D eigenvalue weighted by molar-refractivity contribution is 0.125. The van der Waals surface area contributed by atoms with Crippen LogP contribution in [0.5, 0.6) is 0 Å². The van der Waals surface area contributed by atoms with E-state index in [4.69, 9.17) is 0 Å². The lowest BCUT2D eigenvalue weighted by Crippen LogP contribution is -2.44. The molecule has 0 radical (unpaired) electrons. The van der Waals surface area contributed by atoms with Crippen molar-refractivity contribution >= 4 is 0 Å². The number of nitrogens with one attached hydrogen (secondary N) is 1. The minimum absolute atomic E-state index is 0.859. The second-order valence-electron chi connectivity index (χ2n) is 7.25. The van der Waals surface area contributed by atoms with Crippen molar-refractivity contribution in [1.29, 1.82) is 0 Å². The summed E-state index contributed by atoms with van der Waals surface area (Å²) in [6, 6.07) is 1.77. The smallest absolute Gasteiger partial charge is 0.0125 e. The molecule has 20 heavy (non-hydrogen) atoms. The maximum absolute atomic E-state index is 3.52. The minimum atomic E-state index is 0.859. The summed E-state index contributed by atoms with van der Waals surface area (Å²) in [5.41, 5.74) is 0. The monoisotopic (exact) mass is 279 g/mol. The molecule has 3 saturated heterocycles. The maximum atomic E-state index is 3.52. The van der Waals surface area contributed by atoms with Gasteiger partial charge in [-0.3, -0.25) is 0 Å². The van der Waals surface area contributed by atoms with E-state index >= 15 is 0 Å². The second-order valence-corrected chi connectivity index (χ2v) is 7.25. The number of likely N-dealkylation sites (tertiary alicyclic amines) is 2. The summed E-state index contributed by atoms with van der Waals surface area (Å²) < 4.78 is 0. The highest BCUT2D eigenvalue weighted by atomic mass is 15.2. The quantitative estimate of drug-likeness (QED) is 0.852. The Hall–Kier alpha value is -0.120. The highest BCUT2D eigenvalue weighted by Crippen LogP contribution is 2.30. The van der Waals surface area contributed by atoms with Crippen molar-refractivity contribution in [1.82, 2.24) is 15.1 Å². The van der Waals surface area contributed by atoms with Crippen molar-refractivity contribution in [2.75, 3.05) is 39.8 Å². The van der Waals surface area contributed by atoms with Gasteiger partial charge in [0.1, 0.15) is 0 Å². The van der Waals surface area contributed by atoms with Crippen LogP contribution in [-0.4, -0.2) is 61.7 Å². The molecule has 0 aliphatic carbocycles. The Bertz CT molecular complexity index is 288. The molecule has 2 atom stereocenters. The fraction of sp³-hybridized carbons (Fsp3) is 1.00. The predicted octanol–water partition coefficient (Wildman–Crippen LogP) is 2.32. The van der Waals surface area contributed by atoms with E-state index in [2.05, 4.69) is 22.2 Å². The van der Waals surface area contributed by atoms with Crippen molar-refractivity contribution in [3.63, 3.8) is 0 Å². The molecular formula is C17H33N3. The number of hydrogen-bond acceptors (Lipinski definition) is 3. The van der Waals surface area contributed by atoms with Gasteiger partial charge in [0.2, 0.25) is 0 Å². The van der Waals surface area contributed by atoms with Crippen molar-refractivity contribution < 1.29 is 0 Å². The molecule has 3 fully saturated rings. The summed E-state index contributed by atoms with van der Waals surface area (Å²) >= 11 is 0. The highest BCUT2D eigenvalue weighted by Gasteiger charge is 2.32. The van der Waals surface area contributed by atoms with Crippen LogP contribution in [0.2, 0.25) is 0 Å². The molecule has 3 nitrogen and oxygen atoms in total. The number of nitrogens with zero attached hydrogens (tertiary/aromatic N) is 2. The van der Waals surface area contributed by atoms with Gasteiger partial charge in [-0.1, -0.05) is 6.42 Å². The molecule has 3 heterocycles. The number of piperidine rings is 2. The van der Waals surface area contributed by atoms with E-state index in [9.17, 15) is 0 Å². The summed E-state index contributed by atoms with van der Waals surface area (Å²) in [5.74, 6) is 0.975.